The fourth-order valence-electron chi connectivity index (χ4n) is 3.50. The minimum absolute atomic E-state index is 0. The molecule has 2 aromatic carbocycles. The van der Waals surface area contributed by atoms with Crippen LogP contribution in [0.4, 0.5) is 0 Å². The minimum atomic E-state index is -1.12. The van der Waals surface area contributed by atoms with Gasteiger partial charge in [-0.25, -0.2) is 0 Å². The molecule has 0 amide bonds. The van der Waals surface area contributed by atoms with Gasteiger partial charge in [0.05, 0.1) is 16.1 Å². The zero-order valence-electron chi connectivity index (χ0n) is 23.4. The van der Waals surface area contributed by atoms with Gasteiger partial charge in [0.25, 0.3) is 0 Å². The van der Waals surface area contributed by atoms with Crippen LogP contribution in [0.2, 0.25) is 39.3 Å². The van der Waals surface area contributed by atoms with Crippen LogP contribution >= 0.6 is 24.8 Å². The molecule has 0 aromatic heterocycles. The molecule has 2 aliphatic rings. The molecule has 0 N–H and O–H groups in total. The van der Waals surface area contributed by atoms with Crippen LogP contribution in [0.3, 0.4) is 0 Å². The van der Waals surface area contributed by atoms with Gasteiger partial charge in [-0.3, -0.25) is 0 Å². The van der Waals surface area contributed by atoms with Gasteiger partial charge in [-0.15, -0.1) is 70.6 Å². The molecule has 0 spiro atoms. The summed E-state index contributed by atoms with van der Waals surface area (Å²) >= 11 is 1.58. The Labute approximate surface area is 253 Å². The van der Waals surface area contributed by atoms with Gasteiger partial charge < -0.3 is 14.9 Å². The van der Waals surface area contributed by atoms with Gasteiger partial charge in [-0.05, 0) is 0 Å². The van der Waals surface area contributed by atoms with E-state index in [-0.39, 0.29) is 39.7 Å². The normalized spacial score (nSPS) is 13.6. The van der Waals surface area contributed by atoms with Crippen molar-refractivity contribution in [1.82, 2.24) is 0 Å². The SMILES string of the molecule is C[Si](C)(C)C1=CC(c2ccccc2)=[C-]C1.C[Si](C)(C)C1=CC(c2ccccc2)=[C-]C1.Cl.Cl.[CH3-].[CH3-].[SiH2]=[Zr]. The van der Waals surface area contributed by atoms with Crippen LogP contribution in [0.1, 0.15) is 24.0 Å². The van der Waals surface area contributed by atoms with Gasteiger partial charge in [0.2, 0.25) is 0 Å². The second-order valence-electron chi connectivity index (χ2n) is 10.1. The zero-order chi connectivity index (χ0) is 23.8. The third kappa shape index (κ3) is 12.4. The molecule has 0 unspecified atom stereocenters. The van der Waals surface area contributed by atoms with Crippen LogP contribution in [0.25, 0.3) is 11.1 Å². The summed E-state index contributed by atoms with van der Waals surface area (Å²) in [5.41, 5.74) is 5.16. The summed E-state index contributed by atoms with van der Waals surface area (Å²) < 4.78 is 0. The molecule has 0 bridgehead atoms. The zero-order valence-corrected chi connectivity index (χ0v) is 30.9. The molecule has 0 atom stereocenters. The molecule has 0 nitrogen and oxygen atoms in total. The van der Waals surface area contributed by atoms with E-state index in [1.54, 1.807) is 33.7 Å². The Morgan fingerprint density at radius 1 is 0.583 bits per heavy atom. The third-order valence-electron chi connectivity index (χ3n) is 5.67. The first kappa shape index (κ1) is 40.0. The number of hydrogen-bond acceptors (Lipinski definition) is 0. The van der Waals surface area contributed by atoms with Crippen molar-refractivity contribution < 1.29 is 23.3 Å². The molecule has 2 aliphatic carbocycles. The predicted octanol–water partition coefficient (Wildman–Crippen LogP) is 8.99. The van der Waals surface area contributed by atoms with E-state index in [0.29, 0.717) is 0 Å². The van der Waals surface area contributed by atoms with Crippen molar-refractivity contribution in [3.8, 4) is 0 Å². The average Bonchev–Trinajstić information content (AvgIpc) is 3.47. The molecular formula is C30H44Cl2Si3Zr-4. The molecule has 0 radical (unpaired) electrons. The van der Waals surface area contributed by atoms with Crippen molar-refractivity contribution in [2.45, 2.75) is 52.1 Å². The fourth-order valence-corrected chi connectivity index (χ4v) is 5.90. The molecule has 0 aliphatic heterocycles. The topological polar surface area (TPSA) is 0 Å². The molecular weight excluding hydrogens is 607 g/mol. The average molecular weight is 651 g/mol. The van der Waals surface area contributed by atoms with E-state index in [1.165, 1.54) is 22.3 Å². The maximum atomic E-state index is 3.49. The monoisotopic (exact) mass is 648 g/mol. The molecule has 36 heavy (non-hydrogen) atoms. The maximum absolute atomic E-state index is 3.49. The van der Waals surface area contributed by atoms with Crippen molar-refractivity contribution in [1.29, 1.82) is 0 Å². The Hall–Kier alpha value is -0.486. The van der Waals surface area contributed by atoms with Crippen LogP contribution in [0, 0.1) is 27.0 Å². The Morgan fingerprint density at radius 3 is 1.08 bits per heavy atom. The van der Waals surface area contributed by atoms with E-state index in [2.05, 4.69) is 124 Å². The first-order chi connectivity index (χ1) is 15.1. The molecule has 198 valence electrons. The molecule has 2 aromatic rings. The predicted molar refractivity (Wildman–Crippen MR) is 174 cm³/mol. The van der Waals surface area contributed by atoms with Crippen molar-refractivity contribution in [2.24, 2.45) is 0 Å². The van der Waals surface area contributed by atoms with E-state index < -0.39 is 16.1 Å². The number of halogens is 2. The van der Waals surface area contributed by atoms with Gasteiger partial charge in [0.1, 0.15) is 0 Å². The van der Waals surface area contributed by atoms with E-state index >= 15 is 0 Å². The summed E-state index contributed by atoms with van der Waals surface area (Å²) in [7, 11) is -2.24. The second-order valence-corrected chi connectivity index (χ2v) is 20.4. The summed E-state index contributed by atoms with van der Waals surface area (Å²) in [5, 5.41) is 3.22. The summed E-state index contributed by atoms with van der Waals surface area (Å²) in [6.45, 7) is 16.3. The number of benzene rings is 2. The van der Waals surface area contributed by atoms with Crippen LogP contribution in [-0.2, 0) is 23.3 Å². The first-order valence-electron chi connectivity index (χ1n) is 11.2. The van der Waals surface area contributed by atoms with E-state index in [9.17, 15) is 0 Å². The number of rotatable bonds is 4. The quantitative estimate of drug-likeness (QED) is 0.229. The third-order valence-corrected chi connectivity index (χ3v) is 10.2. The Kier molecular flexibility index (Phi) is 20.8. The standard InChI is InChI=1S/2C14H17Si.2CH3.2ClH.H2Si.Zr/c2*1-15(2,3)14-10-9-13(11-14)12-7-5-4-6-8-12;;;;;;/h2*4-8,11H,10H2,1-3H3;2*1H3;2*1H;1H2;/q4*-1;;;;. The Morgan fingerprint density at radius 2 is 0.861 bits per heavy atom. The van der Waals surface area contributed by atoms with E-state index in [4.69, 9.17) is 0 Å². The van der Waals surface area contributed by atoms with E-state index in [1.807, 2.05) is 6.88 Å². The van der Waals surface area contributed by atoms with Crippen molar-refractivity contribution in [3.63, 3.8) is 0 Å². The summed E-state index contributed by atoms with van der Waals surface area (Å²) in [4.78, 5) is 0. The fraction of sp³-hybridized carbons (Fsp3) is 0.267. The van der Waals surface area contributed by atoms with Gasteiger partial charge in [-0.1, -0.05) is 88.5 Å². The molecule has 6 heteroatoms. The Balaban J connectivity index is -0.000000513. The Bertz CT molecular complexity index is 930. The molecule has 0 heterocycles. The van der Waals surface area contributed by atoms with Crippen molar-refractivity contribution >= 4 is 59.0 Å². The molecule has 0 saturated heterocycles. The van der Waals surface area contributed by atoms with Crippen LogP contribution in [0.15, 0.2) is 83.2 Å². The van der Waals surface area contributed by atoms with E-state index in [0.717, 1.165) is 12.8 Å². The summed E-state index contributed by atoms with van der Waals surface area (Å²) in [6, 6.07) is 21.1. The molecule has 0 fully saturated rings. The summed E-state index contributed by atoms with van der Waals surface area (Å²) in [5.74, 6) is 0. The molecule has 0 saturated carbocycles. The van der Waals surface area contributed by atoms with Crippen LogP contribution in [0.5, 0.6) is 0 Å². The van der Waals surface area contributed by atoms with Crippen molar-refractivity contribution in [3.05, 3.63) is 121 Å². The van der Waals surface area contributed by atoms with Crippen molar-refractivity contribution in [2.75, 3.05) is 0 Å². The second kappa shape index (κ2) is 18.7. The summed E-state index contributed by atoms with van der Waals surface area (Å²) in [6.07, 6.45) is 13.8. The number of hydrogen-bond donors (Lipinski definition) is 0. The van der Waals surface area contributed by atoms with Gasteiger partial charge in [0, 0.05) is 0 Å². The van der Waals surface area contributed by atoms with Gasteiger partial charge in [-0.2, -0.15) is 35.5 Å². The van der Waals surface area contributed by atoms with Gasteiger partial charge >= 0.3 is 30.2 Å². The first-order valence-corrected chi connectivity index (χ1v) is 24.2. The van der Waals surface area contributed by atoms with Crippen LogP contribution in [-0.4, -0.2) is 23.0 Å². The van der Waals surface area contributed by atoms with Crippen LogP contribution < -0.4 is 0 Å². The number of allylic oxidation sites excluding steroid dienone is 8. The molecule has 4 rings (SSSR count). The van der Waals surface area contributed by atoms with Gasteiger partial charge in [0.15, 0.2) is 0 Å².